The van der Waals surface area contributed by atoms with Gasteiger partial charge in [0.15, 0.2) is 0 Å². The summed E-state index contributed by atoms with van der Waals surface area (Å²) in [7, 11) is 0. The van der Waals surface area contributed by atoms with E-state index in [1.165, 1.54) is 25.7 Å². The second-order valence-electron chi connectivity index (χ2n) is 5.52. The summed E-state index contributed by atoms with van der Waals surface area (Å²) < 4.78 is 0. The van der Waals surface area contributed by atoms with Crippen molar-refractivity contribution in [3.63, 3.8) is 0 Å². The van der Waals surface area contributed by atoms with Crippen molar-refractivity contribution in [3.8, 4) is 0 Å². The van der Waals surface area contributed by atoms with Crippen LogP contribution in [0.2, 0.25) is 0 Å². The molecule has 0 aromatic carbocycles. The second kappa shape index (κ2) is 3.78. The Morgan fingerprint density at radius 2 is 1.80 bits per heavy atom. The average molecular weight is 208 g/mol. The van der Waals surface area contributed by atoms with Gasteiger partial charge in [0.05, 0.1) is 0 Å². The Kier molecular flexibility index (Phi) is 2.43. The molecular weight excluding hydrogens is 188 g/mol. The second-order valence-corrected chi connectivity index (χ2v) is 5.52. The third-order valence-corrected chi connectivity index (χ3v) is 4.01. The standard InChI is InChI=1S/C12H20N2O/c15-12(5-8-1-2-8)14-11-6-9-3-4-10(7-11)13-9/h8-11,13H,1-7H2,(H,14,15). The molecule has 0 radical (unpaired) electrons. The van der Waals surface area contributed by atoms with Crippen molar-refractivity contribution in [1.82, 2.24) is 10.6 Å². The lowest BCUT2D eigenvalue weighted by molar-refractivity contribution is -0.122. The number of rotatable bonds is 3. The zero-order valence-corrected chi connectivity index (χ0v) is 9.17. The molecule has 2 bridgehead atoms. The summed E-state index contributed by atoms with van der Waals surface area (Å²) in [5.74, 6) is 1.01. The number of piperidine rings is 1. The van der Waals surface area contributed by atoms with Crippen LogP contribution in [0, 0.1) is 5.92 Å². The lowest BCUT2D eigenvalue weighted by Gasteiger charge is -2.29. The van der Waals surface area contributed by atoms with E-state index in [2.05, 4.69) is 10.6 Å². The van der Waals surface area contributed by atoms with E-state index in [1.807, 2.05) is 0 Å². The van der Waals surface area contributed by atoms with Crippen LogP contribution in [0.15, 0.2) is 0 Å². The van der Waals surface area contributed by atoms with Gasteiger partial charge in [-0.15, -0.1) is 0 Å². The van der Waals surface area contributed by atoms with Crippen molar-refractivity contribution in [1.29, 1.82) is 0 Å². The molecule has 3 aliphatic rings. The molecule has 2 unspecified atom stereocenters. The van der Waals surface area contributed by atoms with Gasteiger partial charge in [0.1, 0.15) is 0 Å². The maximum Gasteiger partial charge on any atom is 0.220 e. The van der Waals surface area contributed by atoms with Gasteiger partial charge in [0.2, 0.25) is 5.91 Å². The molecule has 1 amide bonds. The summed E-state index contributed by atoms with van der Waals surface area (Å²) in [5, 5.41) is 6.81. The minimum Gasteiger partial charge on any atom is -0.353 e. The molecule has 2 aliphatic heterocycles. The summed E-state index contributed by atoms with van der Waals surface area (Å²) in [6.45, 7) is 0. The number of fused-ring (bicyclic) bond motifs is 2. The van der Waals surface area contributed by atoms with Gasteiger partial charge < -0.3 is 10.6 Å². The first-order valence-corrected chi connectivity index (χ1v) is 6.35. The van der Waals surface area contributed by atoms with E-state index in [1.54, 1.807) is 0 Å². The average Bonchev–Trinajstić information content (AvgIpc) is 2.92. The van der Waals surface area contributed by atoms with Crippen molar-refractivity contribution in [3.05, 3.63) is 0 Å². The first-order valence-electron chi connectivity index (χ1n) is 6.35. The number of carbonyl (C=O) groups is 1. The van der Waals surface area contributed by atoms with E-state index in [0.717, 1.165) is 19.3 Å². The van der Waals surface area contributed by atoms with Crippen LogP contribution >= 0.6 is 0 Å². The zero-order chi connectivity index (χ0) is 10.3. The zero-order valence-electron chi connectivity index (χ0n) is 9.17. The summed E-state index contributed by atoms with van der Waals surface area (Å²) >= 11 is 0. The quantitative estimate of drug-likeness (QED) is 0.731. The van der Waals surface area contributed by atoms with Gasteiger partial charge in [-0.2, -0.15) is 0 Å². The molecule has 3 fully saturated rings. The summed E-state index contributed by atoms with van der Waals surface area (Å²) in [4.78, 5) is 11.7. The fourth-order valence-corrected chi connectivity index (χ4v) is 3.05. The monoisotopic (exact) mass is 208 g/mol. The van der Waals surface area contributed by atoms with Crippen LogP contribution in [0.3, 0.4) is 0 Å². The molecule has 15 heavy (non-hydrogen) atoms. The summed E-state index contributed by atoms with van der Waals surface area (Å²) in [5.41, 5.74) is 0. The number of carbonyl (C=O) groups excluding carboxylic acids is 1. The fraction of sp³-hybridized carbons (Fsp3) is 0.917. The van der Waals surface area contributed by atoms with Crippen molar-refractivity contribution in [2.45, 2.75) is 63.1 Å². The van der Waals surface area contributed by atoms with Crippen molar-refractivity contribution in [2.24, 2.45) is 5.92 Å². The van der Waals surface area contributed by atoms with Crippen LogP contribution in [-0.2, 0) is 4.79 Å². The molecule has 3 rings (SSSR count). The van der Waals surface area contributed by atoms with Gasteiger partial charge in [-0.3, -0.25) is 4.79 Å². The maximum absolute atomic E-state index is 11.7. The minimum atomic E-state index is 0.295. The van der Waals surface area contributed by atoms with Gasteiger partial charge >= 0.3 is 0 Å². The lowest BCUT2D eigenvalue weighted by Crippen LogP contribution is -2.48. The van der Waals surface area contributed by atoms with E-state index in [-0.39, 0.29) is 0 Å². The van der Waals surface area contributed by atoms with Crippen molar-refractivity contribution >= 4 is 5.91 Å². The molecule has 1 saturated carbocycles. The first-order chi connectivity index (χ1) is 7.29. The smallest absolute Gasteiger partial charge is 0.220 e. The van der Waals surface area contributed by atoms with Crippen LogP contribution in [0.25, 0.3) is 0 Å². The number of hydrogen-bond acceptors (Lipinski definition) is 2. The molecular formula is C12H20N2O. The van der Waals surface area contributed by atoms with Crippen LogP contribution < -0.4 is 10.6 Å². The van der Waals surface area contributed by atoms with Crippen molar-refractivity contribution in [2.75, 3.05) is 0 Å². The van der Waals surface area contributed by atoms with Gasteiger partial charge in [-0.05, 0) is 44.4 Å². The maximum atomic E-state index is 11.7. The topological polar surface area (TPSA) is 41.1 Å². The van der Waals surface area contributed by atoms with E-state index < -0.39 is 0 Å². The molecule has 1 aliphatic carbocycles. The van der Waals surface area contributed by atoms with Crippen LogP contribution in [-0.4, -0.2) is 24.0 Å². The molecule has 3 heteroatoms. The Balaban J connectivity index is 1.48. The predicted octanol–water partition coefficient (Wildman–Crippen LogP) is 1.19. The molecule has 0 aromatic heterocycles. The SMILES string of the molecule is O=C(CC1CC1)NC1CC2CCC(C1)N2. The number of nitrogens with one attached hydrogen (secondary N) is 2. The Bertz CT molecular complexity index is 250. The highest BCUT2D eigenvalue weighted by molar-refractivity contribution is 5.76. The van der Waals surface area contributed by atoms with Crippen molar-refractivity contribution < 1.29 is 4.79 Å². The van der Waals surface area contributed by atoms with Gasteiger partial charge in [-0.25, -0.2) is 0 Å². The Labute approximate surface area is 91.0 Å². The Morgan fingerprint density at radius 1 is 1.13 bits per heavy atom. The normalized spacial score (nSPS) is 39.1. The number of hydrogen-bond donors (Lipinski definition) is 2. The van der Waals surface area contributed by atoms with Gasteiger partial charge in [-0.1, -0.05) is 0 Å². The Morgan fingerprint density at radius 3 is 2.40 bits per heavy atom. The summed E-state index contributed by atoms with van der Waals surface area (Å²) in [6.07, 6.45) is 8.22. The molecule has 2 heterocycles. The van der Waals surface area contributed by atoms with E-state index in [9.17, 15) is 4.79 Å². The fourth-order valence-electron chi connectivity index (χ4n) is 3.05. The molecule has 3 nitrogen and oxygen atoms in total. The first kappa shape index (κ1) is 9.64. The van der Waals surface area contributed by atoms with Crippen LogP contribution in [0.1, 0.15) is 44.9 Å². The van der Waals surface area contributed by atoms with E-state index >= 15 is 0 Å². The van der Waals surface area contributed by atoms with Crippen LogP contribution in [0.4, 0.5) is 0 Å². The minimum absolute atomic E-state index is 0.295. The molecule has 2 atom stereocenters. The number of amides is 1. The highest BCUT2D eigenvalue weighted by Crippen LogP contribution is 2.32. The third kappa shape index (κ3) is 2.33. The predicted molar refractivity (Wildman–Crippen MR) is 58.5 cm³/mol. The lowest BCUT2D eigenvalue weighted by atomic mass is 9.99. The van der Waals surface area contributed by atoms with E-state index in [0.29, 0.717) is 30.0 Å². The molecule has 2 N–H and O–H groups in total. The van der Waals surface area contributed by atoms with Gasteiger partial charge in [0.25, 0.3) is 0 Å². The molecule has 0 aromatic rings. The van der Waals surface area contributed by atoms with E-state index in [4.69, 9.17) is 0 Å². The summed E-state index contributed by atoms with van der Waals surface area (Å²) in [6, 6.07) is 1.81. The third-order valence-electron chi connectivity index (χ3n) is 4.01. The van der Waals surface area contributed by atoms with Gasteiger partial charge in [0, 0.05) is 24.5 Å². The molecule has 0 spiro atoms. The largest absolute Gasteiger partial charge is 0.353 e. The molecule has 2 saturated heterocycles. The molecule has 84 valence electrons. The van der Waals surface area contributed by atoms with Crippen LogP contribution in [0.5, 0.6) is 0 Å². The highest BCUT2D eigenvalue weighted by atomic mass is 16.1. The Hall–Kier alpha value is -0.570. The highest BCUT2D eigenvalue weighted by Gasteiger charge is 2.34.